The van der Waals surface area contributed by atoms with E-state index < -0.39 is 0 Å². The van der Waals surface area contributed by atoms with Crippen molar-refractivity contribution >= 4 is 11.3 Å². The van der Waals surface area contributed by atoms with E-state index in [4.69, 9.17) is 5.73 Å². The minimum absolute atomic E-state index is 0.105. The second-order valence-electron chi connectivity index (χ2n) is 4.51. The van der Waals surface area contributed by atoms with E-state index in [0.29, 0.717) is 0 Å². The van der Waals surface area contributed by atoms with Crippen LogP contribution in [0.5, 0.6) is 0 Å². The standard InChI is InChI=1S/C10H18N2S/c1-6(11)8-7(2)12-9(13-8)10(3,4)5/h6H,11H2,1-5H3. The van der Waals surface area contributed by atoms with Gasteiger partial charge >= 0.3 is 0 Å². The van der Waals surface area contributed by atoms with E-state index >= 15 is 0 Å². The first-order valence-corrected chi connectivity index (χ1v) is 5.37. The van der Waals surface area contributed by atoms with Crippen molar-refractivity contribution in [3.63, 3.8) is 0 Å². The molecule has 0 spiro atoms. The van der Waals surface area contributed by atoms with Crippen molar-refractivity contribution in [3.8, 4) is 0 Å². The summed E-state index contributed by atoms with van der Waals surface area (Å²) in [5.41, 5.74) is 7.07. The van der Waals surface area contributed by atoms with E-state index in [0.717, 1.165) is 5.69 Å². The van der Waals surface area contributed by atoms with Crippen molar-refractivity contribution in [1.82, 2.24) is 4.98 Å². The predicted molar refractivity (Wildman–Crippen MR) is 58.2 cm³/mol. The van der Waals surface area contributed by atoms with Crippen LogP contribution in [0.2, 0.25) is 0 Å². The maximum atomic E-state index is 5.84. The number of aryl methyl sites for hydroxylation is 1. The molecule has 0 saturated heterocycles. The fourth-order valence-corrected chi connectivity index (χ4v) is 2.23. The molecule has 3 heteroatoms. The normalized spacial score (nSPS) is 14.6. The fraction of sp³-hybridized carbons (Fsp3) is 0.700. The van der Waals surface area contributed by atoms with Crippen molar-refractivity contribution in [2.24, 2.45) is 5.73 Å². The first-order chi connectivity index (χ1) is 5.82. The molecule has 0 bridgehead atoms. The summed E-state index contributed by atoms with van der Waals surface area (Å²) in [6.45, 7) is 10.6. The lowest BCUT2D eigenvalue weighted by atomic mass is 9.98. The highest BCUT2D eigenvalue weighted by Crippen LogP contribution is 2.31. The molecule has 0 amide bonds. The van der Waals surface area contributed by atoms with Crippen molar-refractivity contribution in [3.05, 3.63) is 15.6 Å². The molecule has 1 heterocycles. The summed E-state index contributed by atoms with van der Waals surface area (Å²) in [6.07, 6.45) is 0. The van der Waals surface area contributed by atoms with Crippen LogP contribution in [0.4, 0.5) is 0 Å². The molecule has 0 aliphatic carbocycles. The first kappa shape index (κ1) is 10.7. The Labute approximate surface area is 84.2 Å². The van der Waals surface area contributed by atoms with E-state index in [1.165, 1.54) is 9.88 Å². The third-order valence-electron chi connectivity index (χ3n) is 1.89. The van der Waals surface area contributed by atoms with Gasteiger partial charge in [-0.15, -0.1) is 11.3 Å². The van der Waals surface area contributed by atoms with E-state index in [1.54, 1.807) is 11.3 Å². The van der Waals surface area contributed by atoms with E-state index in [1.807, 2.05) is 13.8 Å². The van der Waals surface area contributed by atoms with Gasteiger partial charge in [0.15, 0.2) is 0 Å². The molecule has 0 saturated carbocycles. The van der Waals surface area contributed by atoms with Crippen molar-refractivity contribution < 1.29 is 0 Å². The number of nitrogens with zero attached hydrogens (tertiary/aromatic N) is 1. The highest BCUT2D eigenvalue weighted by molar-refractivity contribution is 7.12. The molecule has 2 N–H and O–H groups in total. The van der Waals surface area contributed by atoms with Gasteiger partial charge in [0.1, 0.15) is 0 Å². The van der Waals surface area contributed by atoms with Gasteiger partial charge in [0, 0.05) is 16.3 Å². The molecule has 0 aromatic carbocycles. The minimum Gasteiger partial charge on any atom is -0.323 e. The summed E-state index contributed by atoms with van der Waals surface area (Å²) in [7, 11) is 0. The van der Waals surface area contributed by atoms with Gasteiger partial charge < -0.3 is 5.73 Å². The Morgan fingerprint density at radius 1 is 1.38 bits per heavy atom. The number of thiazole rings is 1. The van der Waals surface area contributed by atoms with E-state index in [2.05, 4.69) is 25.8 Å². The van der Waals surface area contributed by atoms with Crippen LogP contribution in [0.15, 0.2) is 0 Å². The summed E-state index contributed by atoms with van der Waals surface area (Å²) < 4.78 is 0. The topological polar surface area (TPSA) is 38.9 Å². The molecule has 1 aromatic rings. The molecule has 1 rings (SSSR count). The highest BCUT2D eigenvalue weighted by atomic mass is 32.1. The SMILES string of the molecule is Cc1nc(C(C)(C)C)sc1C(C)N. The second kappa shape index (κ2) is 3.39. The van der Waals surface area contributed by atoms with Crippen LogP contribution in [0, 0.1) is 6.92 Å². The van der Waals surface area contributed by atoms with Crippen molar-refractivity contribution in [2.45, 2.75) is 46.1 Å². The number of hydrogen-bond donors (Lipinski definition) is 1. The molecule has 1 aromatic heterocycles. The lowest BCUT2D eigenvalue weighted by Crippen LogP contribution is -2.10. The largest absolute Gasteiger partial charge is 0.323 e. The molecule has 1 atom stereocenters. The van der Waals surface area contributed by atoms with Crippen LogP contribution in [0.1, 0.15) is 49.3 Å². The van der Waals surface area contributed by atoms with Crippen LogP contribution >= 0.6 is 11.3 Å². The summed E-state index contributed by atoms with van der Waals surface area (Å²) >= 11 is 1.74. The van der Waals surface area contributed by atoms with Crippen LogP contribution < -0.4 is 5.73 Å². The lowest BCUT2D eigenvalue weighted by molar-refractivity contribution is 0.584. The lowest BCUT2D eigenvalue weighted by Gasteiger charge is -2.13. The first-order valence-electron chi connectivity index (χ1n) is 4.55. The zero-order valence-electron chi connectivity index (χ0n) is 9.01. The summed E-state index contributed by atoms with van der Waals surface area (Å²) in [6, 6.07) is 0.105. The van der Waals surface area contributed by atoms with Gasteiger partial charge in [0.25, 0.3) is 0 Å². The van der Waals surface area contributed by atoms with Gasteiger partial charge in [0.05, 0.1) is 10.7 Å². The Hall–Kier alpha value is -0.410. The van der Waals surface area contributed by atoms with Gasteiger partial charge in [-0.2, -0.15) is 0 Å². The quantitative estimate of drug-likeness (QED) is 0.753. The van der Waals surface area contributed by atoms with Gasteiger partial charge in [-0.25, -0.2) is 4.98 Å². The van der Waals surface area contributed by atoms with Gasteiger partial charge in [0.2, 0.25) is 0 Å². The third kappa shape index (κ3) is 2.29. The smallest absolute Gasteiger partial charge is 0.0985 e. The molecular formula is C10H18N2S. The zero-order chi connectivity index (χ0) is 10.2. The van der Waals surface area contributed by atoms with Gasteiger partial charge in [-0.3, -0.25) is 0 Å². The third-order valence-corrected chi connectivity index (χ3v) is 3.67. The summed E-state index contributed by atoms with van der Waals surface area (Å²) in [5.74, 6) is 0. The Bertz CT molecular complexity index is 294. The molecule has 0 fully saturated rings. The summed E-state index contributed by atoms with van der Waals surface area (Å²) in [4.78, 5) is 5.75. The van der Waals surface area contributed by atoms with Gasteiger partial charge in [-0.1, -0.05) is 20.8 Å². The fourth-order valence-electron chi connectivity index (χ4n) is 1.15. The molecule has 0 aliphatic heterocycles. The number of nitrogens with two attached hydrogens (primary N) is 1. The highest BCUT2D eigenvalue weighted by Gasteiger charge is 2.20. The van der Waals surface area contributed by atoms with Crippen molar-refractivity contribution in [2.75, 3.05) is 0 Å². The average molecular weight is 198 g/mol. The molecular weight excluding hydrogens is 180 g/mol. The van der Waals surface area contributed by atoms with Crippen LogP contribution in [-0.4, -0.2) is 4.98 Å². The maximum Gasteiger partial charge on any atom is 0.0985 e. The predicted octanol–water partition coefficient (Wildman–Crippen LogP) is 2.77. The van der Waals surface area contributed by atoms with Crippen LogP contribution in [0.3, 0.4) is 0 Å². The maximum absolute atomic E-state index is 5.84. The Balaban J connectivity index is 3.10. The second-order valence-corrected chi connectivity index (χ2v) is 5.54. The van der Waals surface area contributed by atoms with E-state index in [9.17, 15) is 0 Å². The van der Waals surface area contributed by atoms with Crippen LogP contribution in [0.25, 0.3) is 0 Å². The Morgan fingerprint density at radius 2 is 1.92 bits per heavy atom. The molecule has 74 valence electrons. The number of aromatic nitrogens is 1. The Kier molecular flexibility index (Phi) is 2.78. The zero-order valence-corrected chi connectivity index (χ0v) is 9.83. The summed E-state index contributed by atoms with van der Waals surface area (Å²) in [5, 5.41) is 1.18. The van der Waals surface area contributed by atoms with Crippen LogP contribution in [-0.2, 0) is 5.41 Å². The monoisotopic (exact) mass is 198 g/mol. The minimum atomic E-state index is 0.105. The Morgan fingerprint density at radius 3 is 2.15 bits per heavy atom. The average Bonchev–Trinajstić information content (AvgIpc) is 2.29. The van der Waals surface area contributed by atoms with E-state index in [-0.39, 0.29) is 11.5 Å². The molecule has 1 unspecified atom stereocenters. The van der Waals surface area contributed by atoms with Gasteiger partial charge in [-0.05, 0) is 13.8 Å². The number of rotatable bonds is 1. The van der Waals surface area contributed by atoms with Crippen molar-refractivity contribution in [1.29, 1.82) is 0 Å². The number of hydrogen-bond acceptors (Lipinski definition) is 3. The molecule has 0 radical (unpaired) electrons. The molecule has 0 aliphatic rings. The molecule has 2 nitrogen and oxygen atoms in total. The molecule has 13 heavy (non-hydrogen) atoms.